The smallest absolute Gasteiger partial charge is 0.387 e. The van der Waals surface area contributed by atoms with Gasteiger partial charge < -0.3 is 51.1 Å². The van der Waals surface area contributed by atoms with Crippen LogP contribution in [0.1, 0.15) is 118 Å². The maximum absolute atomic E-state index is 14.4. The predicted octanol–water partition coefficient (Wildman–Crippen LogP) is 7.73. The van der Waals surface area contributed by atoms with Crippen molar-refractivity contribution in [3.63, 3.8) is 0 Å². The van der Waals surface area contributed by atoms with E-state index in [9.17, 15) is 29.3 Å². The van der Waals surface area contributed by atoms with Crippen molar-refractivity contribution in [2.24, 2.45) is 46.3 Å². The minimum Gasteiger partial charge on any atom is -0.387 e. The molecule has 2 saturated heterocycles. The van der Waals surface area contributed by atoms with Crippen LogP contribution in [0.2, 0.25) is 0 Å². The summed E-state index contributed by atoms with van der Waals surface area (Å²) in [6.07, 6.45) is 4.30. The Morgan fingerprint density at radius 2 is 1.45 bits per heavy atom. The number of nitrogens with one attached hydrogen (secondary N) is 2. The van der Waals surface area contributed by atoms with Crippen molar-refractivity contribution in [2.75, 3.05) is 31.8 Å². The van der Waals surface area contributed by atoms with Crippen molar-refractivity contribution >= 4 is 74.3 Å². The number of anilines is 2. The van der Waals surface area contributed by atoms with Gasteiger partial charge in [0.05, 0.1) is 32.0 Å². The molecule has 0 amide bonds. The minimum absolute atomic E-state index is 0.0172. The van der Waals surface area contributed by atoms with Gasteiger partial charge in [-0.3, -0.25) is 31.8 Å². The first kappa shape index (κ1) is 55.2. The number of phosphoric ester groups is 2. The van der Waals surface area contributed by atoms with Crippen LogP contribution in [0, 0.1) is 55.6 Å². The number of aromatic nitrogens is 8. The number of fused-ring (bicyclic) bond motifs is 7. The van der Waals surface area contributed by atoms with Crippen LogP contribution in [0.15, 0.2) is 24.3 Å². The number of hydrogen-bond acceptors (Lipinski definition) is 20. The zero-order valence-electron chi connectivity index (χ0n) is 43.1. The summed E-state index contributed by atoms with van der Waals surface area (Å²) in [5.41, 5.74) is 14.2. The number of aliphatic hydroxyl groups excluding tert-OH is 3. The molecule has 6 aliphatic rings. The Hall–Kier alpha value is -3.10. The SMILES string of the molecule is COP(=O)(OC[C@H]1O[C@@H](n2cnc3c(=S)[nH]c(N)nc32)C(O)C1O)OC1C(O)[C@H](n2cnc3c(=S)[nH]c(N)nc32)O[C@@H]1COP(=O)(O)O[C@H]1CC[C@@]2(C)C(=CC[C@H]3[C@@H]4CC[C@H]([C@H](C)CCCC(C)C)[C@@]4(C)CC[C@@H]32)C1. The summed E-state index contributed by atoms with van der Waals surface area (Å²) in [4.78, 5) is 33.8. The number of nitrogen functional groups attached to an aromatic ring is 2. The number of imidazole rings is 2. The van der Waals surface area contributed by atoms with Gasteiger partial charge in [0.1, 0.15) is 56.9 Å². The average molecular weight is 1120 g/mol. The van der Waals surface area contributed by atoms with Crippen LogP contribution < -0.4 is 11.5 Å². The quantitative estimate of drug-likeness (QED) is 0.0268. The second-order valence-electron chi connectivity index (χ2n) is 22.7. The topological polar surface area (TPSA) is 325 Å². The summed E-state index contributed by atoms with van der Waals surface area (Å²) >= 11 is 10.7. The van der Waals surface area contributed by atoms with E-state index in [1.165, 1.54) is 72.3 Å². The van der Waals surface area contributed by atoms with Gasteiger partial charge in [0, 0.05) is 7.11 Å². The van der Waals surface area contributed by atoms with Gasteiger partial charge in [-0.1, -0.05) is 90.0 Å². The molecule has 0 spiro atoms. The van der Waals surface area contributed by atoms with Crippen LogP contribution in [0.4, 0.5) is 11.9 Å². The molecule has 18 atom stereocenters. The standard InChI is InChI=1S/C48H72N10O13P2S2/c1-23(2)8-7-9-24(3)28-12-13-29-27-11-10-25-18-26(14-16-47(25,4)30(27)15-17-48(28,29)5)70-72(62,63)66-20-32-38(37(61)44(69-32)58-22-52-34-40(58)54-46(50)56-42(34)75)71-73(64,65-6)67-19-31-35(59)36(60)43(68-31)57-21-51-33-39(57)53-45(49)55-41(33)74/h10,21-24,26-32,35-38,43-44,59-61H,7-9,11-20H2,1-6H3,(H,62,63)(H3,49,53,55,74)(H3,50,54,56,75)/t24-,26+,27+,28-,29+,30+,31-,32-,35?,36?,37?,38?,43-,44-,47+,48-,73?/m1/s1. The Morgan fingerprint density at radius 3 is 2.09 bits per heavy atom. The van der Waals surface area contributed by atoms with E-state index >= 15 is 0 Å². The van der Waals surface area contributed by atoms with Crippen LogP contribution in [-0.2, 0) is 41.2 Å². The first-order chi connectivity index (χ1) is 35.5. The Labute approximate surface area is 445 Å². The van der Waals surface area contributed by atoms with E-state index in [4.69, 9.17) is 68.0 Å². The number of ether oxygens (including phenoxy) is 2. The van der Waals surface area contributed by atoms with Gasteiger partial charge in [0.25, 0.3) is 0 Å². The second-order valence-corrected chi connectivity index (χ2v) is 26.6. The highest BCUT2D eigenvalue weighted by molar-refractivity contribution is 7.71. The molecule has 6 heterocycles. The van der Waals surface area contributed by atoms with Crippen LogP contribution in [0.3, 0.4) is 0 Å². The molecule has 75 heavy (non-hydrogen) atoms. The van der Waals surface area contributed by atoms with Crippen molar-refractivity contribution in [3.8, 4) is 0 Å². The summed E-state index contributed by atoms with van der Waals surface area (Å²) in [5.74, 6) is 4.02. The summed E-state index contributed by atoms with van der Waals surface area (Å²) < 4.78 is 72.1. The molecule has 27 heteroatoms. The highest BCUT2D eigenvalue weighted by Crippen LogP contribution is 2.68. The van der Waals surface area contributed by atoms with Crippen molar-refractivity contribution in [2.45, 2.75) is 160 Å². The number of phosphoric acid groups is 2. The van der Waals surface area contributed by atoms with Gasteiger partial charge in [-0.05, 0) is 97.7 Å². The van der Waals surface area contributed by atoms with Gasteiger partial charge in [-0.25, -0.2) is 19.1 Å². The zero-order chi connectivity index (χ0) is 53.5. The fraction of sp³-hybridized carbons (Fsp3) is 0.750. The van der Waals surface area contributed by atoms with Gasteiger partial charge in [-0.2, -0.15) is 9.97 Å². The fourth-order valence-corrected chi connectivity index (χ4v) is 16.7. The van der Waals surface area contributed by atoms with Crippen LogP contribution in [0.25, 0.3) is 22.3 Å². The maximum Gasteiger partial charge on any atom is 0.475 e. The van der Waals surface area contributed by atoms with Gasteiger partial charge in [-0.15, -0.1) is 0 Å². The molecule has 4 aromatic rings. The minimum atomic E-state index is -4.83. The van der Waals surface area contributed by atoms with Crippen molar-refractivity contribution < 1.29 is 61.4 Å². The maximum atomic E-state index is 14.4. The van der Waals surface area contributed by atoms with E-state index < -0.39 is 84.0 Å². The molecule has 6 unspecified atom stereocenters. The average Bonchev–Trinajstić information content (AvgIpc) is 4.19. The summed E-state index contributed by atoms with van der Waals surface area (Å²) in [6.45, 7) is 10.7. The Balaban J connectivity index is 0.815. The van der Waals surface area contributed by atoms with Crippen LogP contribution >= 0.6 is 40.1 Å². The lowest BCUT2D eigenvalue weighted by Crippen LogP contribution is -2.51. The van der Waals surface area contributed by atoms with E-state index in [0.717, 1.165) is 37.7 Å². The molecule has 10 N–H and O–H groups in total. The molecule has 3 saturated carbocycles. The third kappa shape index (κ3) is 10.4. The Morgan fingerprint density at radius 1 is 0.827 bits per heavy atom. The number of allylic oxidation sites excluding steroid dienone is 1. The summed E-state index contributed by atoms with van der Waals surface area (Å²) in [5, 5.41) is 34.1. The molecule has 0 bridgehead atoms. The van der Waals surface area contributed by atoms with Crippen molar-refractivity contribution in [3.05, 3.63) is 33.6 Å². The van der Waals surface area contributed by atoms with Crippen LogP contribution in [-0.4, -0.2) is 122 Å². The number of nitrogens with zero attached hydrogens (tertiary/aromatic N) is 6. The molecule has 4 aliphatic carbocycles. The lowest BCUT2D eigenvalue weighted by atomic mass is 9.47. The molecule has 0 radical (unpaired) electrons. The molecule has 5 fully saturated rings. The first-order valence-corrected chi connectivity index (χ1v) is 29.9. The van der Waals surface area contributed by atoms with Crippen molar-refractivity contribution in [1.82, 2.24) is 39.0 Å². The largest absolute Gasteiger partial charge is 0.475 e. The number of aromatic amines is 2. The molecule has 4 aromatic heterocycles. The molecule has 414 valence electrons. The number of H-pyrrole nitrogens is 2. The van der Waals surface area contributed by atoms with E-state index in [-0.39, 0.29) is 48.9 Å². The third-order valence-corrected chi connectivity index (χ3v) is 21.0. The van der Waals surface area contributed by atoms with Crippen LogP contribution in [0.5, 0.6) is 0 Å². The van der Waals surface area contributed by atoms with Gasteiger partial charge in [0.15, 0.2) is 23.8 Å². The number of hydrogen-bond donors (Lipinski definition) is 8. The molecule has 2 aliphatic heterocycles. The number of rotatable bonds is 18. The molecular weight excluding hydrogens is 1050 g/mol. The first-order valence-electron chi connectivity index (χ1n) is 26.2. The highest BCUT2D eigenvalue weighted by Gasteiger charge is 2.60. The third-order valence-electron chi connectivity index (χ3n) is 17.9. The lowest BCUT2D eigenvalue weighted by molar-refractivity contribution is -0.0634. The van der Waals surface area contributed by atoms with Gasteiger partial charge >= 0.3 is 15.6 Å². The van der Waals surface area contributed by atoms with E-state index in [1.54, 1.807) is 0 Å². The normalized spacial score (nSPS) is 36.8. The highest BCUT2D eigenvalue weighted by atomic mass is 32.1. The number of nitrogens with two attached hydrogens (primary N) is 2. The second kappa shape index (κ2) is 21.2. The van der Waals surface area contributed by atoms with E-state index in [1.807, 2.05) is 0 Å². The Bertz CT molecular complexity index is 3010. The molecule has 0 aromatic carbocycles. The van der Waals surface area contributed by atoms with Gasteiger partial charge in [0.2, 0.25) is 11.9 Å². The van der Waals surface area contributed by atoms with E-state index in [2.05, 4.69) is 70.6 Å². The van der Waals surface area contributed by atoms with E-state index in [0.29, 0.717) is 36.0 Å². The summed E-state index contributed by atoms with van der Waals surface area (Å²) in [7, 11) is -8.55. The van der Waals surface area contributed by atoms with Crippen molar-refractivity contribution in [1.29, 1.82) is 0 Å². The fourth-order valence-electron chi connectivity index (χ4n) is 14.1. The predicted molar refractivity (Wildman–Crippen MR) is 279 cm³/mol. The molecule has 23 nitrogen and oxygen atoms in total. The molecule has 10 rings (SSSR count). The lowest BCUT2D eigenvalue weighted by Gasteiger charge is -2.58. The monoisotopic (exact) mass is 1120 g/mol. The zero-order valence-corrected chi connectivity index (χ0v) is 46.5. The Kier molecular flexibility index (Phi) is 15.6. The number of aliphatic hydroxyl groups is 3. The summed E-state index contributed by atoms with van der Waals surface area (Å²) in [6, 6.07) is 0. The molecular formula is C48H72N10O13P2S2.